The normalized spacial score (nSPS) is 18.9. The number of halogens is 1. The maximum absolute atomic E-state index is 12.7. The van der Waals surface area contributed by atoms with E-state index in [0.717, 1.165) is 19.4 Å². The lowest BCUT2D eigenvalue weighted by atomic mass is 10.1. The van der Waals surface area contributed by atoms with E-state index >= 15 is 0 Å². The third-order valence-corrected chi connectivity index (χ3v) is 5.76. The molecule has 2 atom stereocenters. The Balaban J connectivity index is 1.75. The minimum absolute atomic E-state index is 0.106. The number of benzene rings is 1. The minimum Gasteiger partial charge on any atom is -0.323 e. The molecule has 3 rings (SSSR count). The molecule has 0 unspecified atom stereocenters. The number of nitrogens with zero attached hydrogens (tertiary/aromatic N) is 2. The number of carbonyl (C=O) groups is 1. The van der Waals surface area contributed by atoms with E-state index in [1.54, 1.807) is 11.3 Å². The molecule has 0 bridgehead atoms. The van der Waals surface area contributed by atoms with Crippen molar-refractivity contribution < 1.29 is 9.72 Å². The van der Waals surface area contributed by atoms with Gasteiger partial charge in [-0.25, -0.2) is 0 Å². The van der Waals surface area contributed by atoms with Crippen LogP contribution in [0.5, 0.6) is 0 Å². The van der Waals surface area contributed by atoms with E-state index in [4.69, 9.17) is 11.6 Å². The zero-order valence-electron chi connectivity index (χ0n) is 13.6. The molecule has 2 heterocycles. The van der Waals surface area contributed by atoms with Gasteiger partial charge in [0, 0.05) is 23.1 Å². The first-order valence-corrected chi connectivity index (χ1v) is 9.27. The molecule has 1 aliphatic rings. The quantitative estimate of drug-likeness (QED) is 0.614. The first kappa shape index (κ1) is 17.8. The van der Waals surface area contributed by atoms with Gasteiger partial charge < -0.3 is 5.32 Å². The molecule has 1 aromatic heterocycles. The second-order valence-corrected chi connectivity index (χ2v) is 7.38. The highest BCUT2D eigenvalue weighted by Crippen LogP contribution is 2.36. The van der Waals surface area contributed by atoms with Crippen LogP contribution in [0, 0.1) is 10.1 Å². The van der Waals surface area contributed by atoms with Crippen molar-refractivity contribution in [2.75, 3.05) is 11.9 Å². The number of thiophene rings is 1. The summed E-state index contributed by atoms with van der Waals surface area (Å²) < 4.78 is 0. The molecule has 132 valence electrons. The average molecular weight is 380 g/mol. The van der Waals surface area contributed by atoms with Gasteiger partial charge in [0.2, 0.25) is 5.91 Å². The van der Waals surface area contributed by atoms with Crippen LogP contribution in [0.3, 0.4) is 0 Å². The Bertz CT molecular complexity index is 781. The van der Waals surface area contributed by atoms with Gasteiger partial charge in [0.25, 0.3) is 5.69 Å². The molecule has 1 aromatic carbocycles. The Kier molecular flexibility index (Phi) is 5.36. The van der Waals surface area contributed by atoms with Gasteiger partial charge >= 0.3 is 0 Å². The fourth-order valence-electron chi connectivity index (χ4n) is 3.15. The Hall–Kier alpha value is -1.96. The smallest absolute Gasteiger partial charge is 0.271 e. The monoisotopic (exact) mass is 379 g/mol. The van der Waals surface area contributed by atoms with E-state index in [9.17, 15) is 14.9 Å². The largest absolute Gasteiger partial charge is 0.323 e. The highest BCUT2D eigenvalue weighted by atomic mass is 35.5. The maximum Gasteiger partial charge on any atom is 0.271 e. The molecule has 1 aliphatic heterocycles. The molecule has 1 saturated heterocycles. The number of carbonyl (C=O) groups excluding carboxylic acids is 1. The summed E-state index contributed by atoms with van der Waals surface area (Å²) in [6.45, 7) is 2.70. The molecule has 0 spiro atoms. The molecule has 6 nitrogen and oxygen atoms in total. The zero-order chi connectivity index (χ0) is 18.0. The highest BCUT2D eigenvalue weighted by molar-refractivity contribution is 7.10. The molecular formula is C17H18ClN3O3S. The summed E-state index contributed by atoms with van der Waals surface area (Å²) >= 11 is 7.77. The van der Waals surface area contributed by atoms with Crippen LogP contribution >= 0.6 is 22.9 Å². The lowest BCUT2D eigenvalue weighted by Crippen LogP contribution is -2.41. The van der Waals surface area contributed by atoms with Crippen LogP contribution in [0.15, 0.2) is 35.7 Å². The molecule has 25 heavy (non-hydrogen) atoms. The van der Waals surface area contributed by atoms with Gasteiger partial charge in [0.1, 0.15) is 0 Å². The summed E-state index contributed by atoms with van der Waals surface area (Å²) in [7, 11) is 0. The molecule has 0 radical (unpaired) electrons. The number of hydrogen-bond acceptors (Lipinski definition) is 5. The number of likely N-dealkylation sites (tertiary alicyclic amines) is 1. The van der Waals surface area contributed by atoms with E-state index < -0.39 is 4.92 Å². The summed E-state index contributed by atoms with van der Waals surface area (Å²) in [5.74, 6) is -0.217. The SMILES string of the molecule is C[C@H](C(=O)Nc1cc([N+](=O)[O-])ccc1Cl)N1CCC[C@@H]1c1cccs1. The molecule has 1 N–H and O–H groups in total. The lowest BCUT2D eigenvalue weighted by molar-refractivity contribution is -0.384. The Labute approximate surface area is 154 Å². The van der Waals surface area contributed by atoms with Crippen molar-refractivity contribution >= 4 is 40.2 Å². The number of non-ortho nitro benzene ring substituents is 1. The summed E-state index contributed by atoms with van der Waals surface area (Å²) in [6.07, 6.45) is 2.06. The van der Waals surface area contributed by atoms with Crippen LogP contribution in [0.1, 0.15) is 30.7 Å². The second kappa shape index (κ2) is 7.51. The number of rotatable bonds is 5. The number of nitro groups is 1. The maximum atomic E-state index is 12.7. The third-order valence-electron chi connectivity index (χ3n) is 4.46. The molecule has 1 amide bonds. The van der Waals surface area contributed by atoms with Crippen molar-refractivity contribution in [3.8, 4) is 0 Å². The van der Waals surface area contributed by atoms with Gasteiger partial charge in [-0.2, -0.15) is 0 Å². The second-order valence-electron chi connectivity index (χ2n) is 6.00. The third kappa shape index (κ3) is 3.84. The fraction of sp³-hybridized carbons (Fsp3) is 0.353. The number of anilines is 1. The minimum atomic E-state index is -0.511. The first-order valence-electron chi connectivity index (χ1n) is 8.01. The van der Waals surface area contributed by atoms with E-state index in [1.165, 1.54) is 23.1 Å². The van der Waals surface area contributed by atoms with Crippen LogP contribution in [0.2, 0.25) is 5.02 Å². The van der Waals surface area contributed by atoms with Gasteiger partial charge in [-0.05, 0) is 43.8 Å². The lowest BCUT2D eigenvalue weighted by Gasteiger charge is -2.29. The van der Waals surface area contributed by atoms with Crippen LogP contribution in [-0.2, 0) is 4.79 Å². The van der Waals surface area contributed by atoms with Crippen molar-refractivity contribution in [3.63, 3.8) is 0 Å². The van der Waals surface area contributed by atoms with Gasteiger partial charge in [-0.1, -0.05) is 17.7 Å². The van der Waals surface area contributed by atoms with Crippen LogP contribution in [-0.4, -0.2) is 28.3 Å². The van der Waals surface area contributed by atoms with Gasteiger partial charge in [0.05, 0.1) is 21.7 Å². The van der Waals surface area contributed by atoms with Gasteiger partial charge in [-0.3, -0.25) is 19.8 Å². The number of hydrogen-bond donors (Lipinski definition) is 1. The standard InChI is InChI=1S/C17H18ClN3O3S/c1-11(20-8-2-4-15(20)16-5-3-9-25-16)17(22)19-14-10-12(21(23)24)6-7-13(14)18/h3,5-7,9-11,15H,2,4,8H2,1H3,(H,19,22)/t11-,15-/m1/s1. The Morgan fingerprint density at radius 2 is 2.28 bits per heavy atom. The van der Waals surface area contributed by atoms with E-state index in [0.29, 0.717) is 0 Å². The summed E-state index contributed by atoms with van der Waals surface area (Å²) in [4.78, 5) is 26.5. The number of nitrogens with one attached hydrogen (secondary N) is 1. The molecule has 8 heteroatoms. The summed E-state index contributed by atoms with van der Waals surface area (Å²) in [5, 5.41) is 16.0. The van der Waals surface area contributed by atoms with Crippen LogP contribution in [0.25, 0.3) is 0 Å². The number of nitro benzene ring substituents is 1. The van der Waals surface area contributed by atoms with E-state index in [-0.39, 0.29) is 34.4 Å². The highest BCUT2D eigenvalue weighted by Gasteiger charge is 2.33. The van der Waals surface area contributed by atoms with Crippen LogP contribution < -0.4 is 5.32 Å². The van der Waals surface area contributed by atoms with E-state index in [1.807, 2.05) is 18.4 Å². The molecule has 1 fully saturated rings. The molecule has 0 saturated carbocycles. The van der Waals surface area contributed by atoms with Crippen LogP contribution in [0.4, 0.5) is 11.4 Å². The Morgan fingerprint density at radius 3 is 2.96 bits per heavy atom. The summed E-state index contributed by atoms with van der Waals surface area (Å²) in [5.41, 5.74) is 0.157. The van der Waals surface area contributed by atoms with E-state index in [2.05, 4.69) is 16.3 Å². The zero-order valence-corrected chi connectivity index (χ0v) is 15.2. The summed E-state index contributed by atoms with van der Waals surface area (Å²) in [6, 6.07) is 8.01. The molecule has 2 aromatic rings. The number of amides is 1. The van der Waals surface area contributed by atoms with Crippen molar-refractivity contribution in [1.29, 1.82) is 0 Å². The van der Waals surface area contributed by atoms with Gasteiger partial charge in [0.15, 0.2) is 0 Å². The predicted octanol–water partition coefficient (Wildman–Crippen LogP) is 4.47. The first-order chi connectivity index (χ1) is 12.0. The molecular weight excluding hydrogens is 362 g/mol. The van der Waals surface area contributed by atoms with Crippen molar-refractivity contribution in [2.45, 2.75) is 31.8 Å². The Morgan fingerprint density at radius 1 is 1.48 bits per heavy atom. The molecule has 0 aliphatic carbocycles. The van der Waals surface area contributed by atoms with Crippen molar-refractivity contribution in [3.05, 3.63) is 55.7 Å². The van der Waals surface area contributed by atoms with Crippen molar-refractivity contribution in [2.24, 2.45) is 0 Å². The fourth-order valence-corrected chi connectivity index (χ4v) is 4.20. The predicted molar refractivity (Wildman–Crippen MR) is 99.2 cm³/mol. The van der Waals surface area contributed by atoms with Crippen molar-refractivity contribution in [1.82, 2.24) is 4.90 Å². The average Bonchev–Trinajstić information content (AvgIpc) is 3.26. The van der Waals surface area contributed by atoms with Gasteiger partial charge in [-0.15, -0.1) is 11.3 Å². The topological polar surface area (TPSA) is 75.5 Å².